The molecule has 0 spiro atoms. The van der Waals surface area contributed by atoms with E-state index in [9.17, 15) is 0 Å². The second-order valence-corrected chi connectivity index (χ2v) is 14.4. The predicted octanol–water partition coefficient (Wildman–Crippen LogP) is 13.4. The van der Waals surface area contributed by atoms with Crippen LogP contribution in [0.4, 0.5) is 0 Å². The first kappa shape index (κ1) is 31.5. The Bertz CT molecular complexity index is 3530. The number of benzene rings is 8. The highest BCUT2D eigenvalue weighted by Gasteiger charge is 2.20. The van der Waals surface area contributed by atoms with Gasteiger partial charge in [0.25, 0.3) is 0 Å². The summed E-state index contributed by atoms with van der Waals surface area (Å²) in [5, 5.41) is 6.52. The van der Waals surface area contributed by atoms with Crippen LogP contribution in [0.5, 0.6) is 0 Å². The van der Waals surface area contributed by atoms with E-state index in [1.165, 1.54) is 21.8 Å². The summed E-state index contributed by atoms with van der Waals surface area (Å²) in [5.41, 5.74) is 11.5. The van der Waals surface area contributed by atoms with E-state index in [1.807, 2.05) is 66.7 Å². The molecular weight excluding hydrogens is 701 g/mol. The fourth-order valence-corrected chi connectivity index (χ4v) is 8.48. The Morgan fingerprint density at radius 1 is 0.351 bits per heavy atom. The second-order valence-electron chi connectivity index (χ2n) is 14.4. The third-order valence-corrected chi connectivity index (χ3v) is 11.1. The van der Waals surface area contributed by atoms with E-state index < -0.39 is 0 Å². The largest absolute Gasteiger partial charge is 0.456 e. The summed E-state index contributed by atoms with van der Waals surface area (Å²) in [6.45, 7) is 0. The van der Waals surface area contributed by atoms with Crippen LogP contribution in [0.15, 0.2) is 191 Å². The summed E-state index contributed by atoms with van der Waals surface area (Å²) < 4.78 is 15.3. The van der Waals surface area contributed by atoms with Gasteiger partial charge in [-0.25, -0.2) is 15.0 Å². The highest BCUT2D eigenvalue weighted by Crippen LogP contribution is 2.41. The van der Waals surface area contributed by atoms with Crippen LogP contribution in [-0.4, -0.2) is 19.5 Å². The maximum Gasteiger partial charge on any atom is 0.164 e. The molecule has 8 aromatic carbocycles. The molecule has 266 valence electrons. The number of nitrogens with zero attached hydrogens (tertiary/aromatic N) is 4. The number of hydrogen-bond donors (Lipinski definition) is 0. The smallest absolute Gasteiger partial charge is 0.164 e. The summed E-state index contributed by atoms with van der Waals surface area (Å²) >= 11 is 0. The molecule has 6 heteroatoms. The lowest BCUT2D eigenvalue weighted by Crippen LogP contribution is -2.00. The van der Waals surface area contributed by atoms with E-state index in [0.717, 1.165) is 77.4 Å². The summed E-state index contributed by atoms with van der Waals surface area (Å²) in [6, 6.07) is 62.7. The first-order valence-corrected chi connectivity index (χ1v) is 19.0. The molecule has 0 saturated carbocycles. The summed E-state index contributed by atoms with van der Waals surface area (Å²) in [7, 11) is 0. The van der Waals surface area contributed by atoms with Crippen LogP contribution in [0, 0.1) is 0 Å². The van der Waals surface area contributed by atoms with Crippen LogP contribution >= 0.6 is 0 Å². The van der Waals surface area contributed by atoms with Crippen molar-refractivity contribution in [1.82, 2.24) is 19.5 Å². The zero-order valence-corrected chi connectivity index (χ0v) is 30.4. The first-order valence-electron chi connectivity index (χ1n) is 19.0. The Kier molecular flexibility index (Phi) is 6.83. The quantitative estimate of drug-likeness (QED) is 0.176. The number of aromatic nitrogens is 4. The Hall–Kier alpha value is -7.83. The fraction of sp³-hybridized carbons (Fsp3) is 0. The molecule has 0 unspecified atom stereocenters. The molecule has 0 bridgehead atoms. The zero-order valence-electron chi connectivity index (χ0n) is 30.4. The molecule has 0 N–H and O–H groups in total. The minimum Gasteiger partial charge on any atom is -0.456 e. The normalized spacial score (nSPS) is 11.9. The lowest BCUT2D eigenvalue weighted by atomic mass is 10.00. The third kappa shape index (κ3) is 4.94. The number of rotatable bonds is 5. The molecule has 0 fully saturated rings. The van der Waals surface area contributed by atoms with Gasteiger partial charge in [-0.05, 0) is 60.2 Å². The van der Waals surface area contributed by atoms with Gasteiger partial charge >= 0.3 is 0 Å². The zero-order chi connectivity index (χ0) is 37.5. The van der Waals surface area contributed by atoms with E-state index in [2.05, 4.69) is 120 Å². The van der Waals surface area contributed by atoms with E-state index in [-0.39, 0.29) is 0 Å². The van der Waals surface area contributed by atoms with Gasteiger partial charge in [-0.3, -0.25) is 0 Å². The van der Waals surface area contributed by atoms with Gasteiger partial charge in [-0.1, -0.05) is 127 Å². The second kappa shape index (κ2) is 12.3. The van der Waals surface area contributed by atoms with Crippen molar-refractivity contribution < 1.29 is 8.83 Å². The standard InChI is InChI=1S/C51H30N4O2/c1-3-13-31(14-4-1)49-52-50(54-51(53-49)41-21-12-24-44-47(41)40-18-8-10-23-43(40)56-44)33-26-28-38-37-27-25-32(29-45(37)57-46(38)30-33)35-19-11-20-39-36-17-7-9-22-42(36)55(48(35)39)34-15-5-2-6-16-34/h1-30H. The van der Waals surface area contributed by atoms with E-state index in [1.54, 1.807) is 0 Å². The molecule has 0 aliphatic heterocycles. The topological polar surface area (TPSA) is 69.9 Å². The van der Waals surface area contributed by atoms with Crippen LogP contribution in [0.3, 0.4) is 0 Å². The van der Waals surface area contributed by atoms with Crippen molar-refractivity contribution in [2.24, 2.45) is 0 Å². The minimum atomic E-state index is 0.562. The van der Waals surface area contributed by atoms with Gasteiger partial charge in [0, 0.05) is 60.3 Å². The molecule has 6 nitrogen and oxygen atoms in total. The molecule has 4 heterocycles. The van der Waals surface area contributed by atoms with Crippen LogP contribution in [0.2, 0.25) is 0 Å². The lowest BCUT2D eigenvalue weighted by Gasteiger charge is -2.11. The van der Waals surface area contributed by atoms with Crippen molar-refractivity contribution in [2.45, 2.75) is 0 Å². The van der Waals surface area contributed by atoms with E-state index >= 15 is 0 Å². The molecular formula is C51H30N4O2. The summed E-state index contributed by atoms with van der Waals surface area (Å²) in [5.74, 6) is 1.73. The average Bonchev–Trinajstić information content (AvgIpc) is 3.96. The van der Waals surface area contributed by atoms with Crippen LogP contribution < -0.4 is 0 Å². The number of hydrogen-bond acceptors (Lipinski definition) is 5. The molecule has 0 radical (unpaired) electrons. The van der Waals surface area contributed by atoms with Crippen LogP contribution in [0.1, 0.15) is 0 Å². The maximum absolute atomic E-state index is 6.70. The third-order valence-electron chi connectivity index (χ3n) is 11.1. The van der Waals surface area contributed by atoms with Crippen molar-refractivity contribution in [3.63, 3.8) is 0 Å². The number of furan rings is 2. The highest BCUT2D eigenvalue weighted by atomic mass is 16.3. The van der Waals surface area contributed by atoms with Crippen molar-refractivity contribution in [1.29, 1.82) is 0 Å². The van der Waals surface area contributed by atoms with Gasteiger partial charge in [0.15, 0.2) is 17.5 Å². The Balaban J connectivity index is 1.02. The Labute approximate surface area is 325 Å². The Morgan fingerprint density at radius 2 is 0.930 bits per heavy atom. The molecule has 57 heavy (non-hydrogen) atoms. The van der Waals surface area contributed by atoms with Gasteiger partial charge < -0.3 is 13.4 Å². The number of fused-ring (bicyclic) bond motifs is 9. The van der Waals surface area contributed by atoms with E-state index in [0.29, 0.717) is 17.5 Å². The Morgan fingerprint density at radius 3 is 1.75 bits per heavy atom. The molecule has 0 aliphatic rings. The van der Waals surface area contributed by atoms with Gasteiger partial charge in [0.05, 0.1) is 11.0 Å². The maximum atomic E-state index is 6.70. The highest BCUT2D eigenvalue weighted by molar-refractivity contribution is 6.15. The van der Waals surface area contributed by atoms with Crippen molar-refractivity contribution in [2.75, 3.05) is 0 Å². The van der Waals surface area contributed by atoms with Gasteiger partial charge in [0.1, 0.15) is 22.3 Å². The van der Waals surface area contributed by atoms with E-state index in [4.69, 9.17) is 23.8 Å². The molecule has 0 aliphatic carbocycles. The lowest BCUT2D eigenvalue weighted by molar-refractivity contribution is 0.668. The predicted molar refractivity (Wildman–Crippen MR) is 230 cm³/mol. The molecule has 4 aromatic heterocycles. The molecule has 12 aromatic rings. The monoisotopic (exact) mass is 730 g/mol. The SMILES string of the molecule is c1ccc(-c2nc(-c3ccc4c(c3)oc3cc(-c5cccc6c7ccccc7n(-c7ccccc7)c56)ccc34)nc(-c3cccc4oc5ccccc5c34)n2)cc1. The molecule has 0 atom stereocenters. The van der Waals surface area contributed by atoms with Crippen molar-refractivity contribution in [3.05, 3.63) is 182 Å². The minimum absolute atomic E-state index is 0.562. The fourth-order valence-electron chi connectivity index (χ4n) is 8.48. The van der Waals surface area contributed by atoms with Crippen molar-refractivity contribution in [3.8, 4) is 51.0 Å². The molecule has 12 rings (SSSR count). The number of para-hydroxylation sites is 4. The van der Waals surface area contributed by atoms with Crippen molar-refractivity contribution >= 4 is 65.7 Å². The first-order chi connectivity index (χ1) is 28.2. The summed E-state index contributed by atoms with van der Waals surface area (Å²) in [4.78, 5) is 15.2. The molecule has 0 saturated heterocycles. The van der Waals surface area contributed by atoms with Crippen LogP contribution in [-0.2, 0) is 0 Å². The molecule has 0 amide bonds. The van der Waals surface area contributed by atoms with Gasteiger partial charge in [-0.15, -0.1) is 0 Å². The van der Waals surface area contributed by atoms with Gasteiger partial charge in [0.2, 0.25) is 0 Å². The van der Waals surface area contributed by atoms with Gasteiger partial charge in [-0.2, -0.15) is 0 Å². The van der Waals surface area contributed by atoms with Crippen LogP contribution in [0.25, 0.3) is 117 Å². The summed E-state index contributed by atoms with van der Waals surface area (Å²) in [6.07, 6.45) is 0. The average molecular weight is 731 g/mol.